The molecule has 1 aliphatic heterocycles. The quantitative estimate of drug-likeness (QED) is 0.578. The third-order valence-corrected chi connectivity index (χ3v) is 1.75. The van der Waals surface area contributed by atoms with Crippen LogP contribution < -0.4 is 4.74 Å². The van der Waals surface area contributed by atoms with Crippen LogP contribution in [0.4, 0.5) is 0 Å². The van der Waals surface area contributed by atoms with E-state index in [0.29, 0.717) is 17.9 Å². The Hall–Kier alpha value is -1.22. The van der Waals surface area contributed by atoms with Gasteiger partial charge in [-0.15, -0.1) is 0 Å². The number of aromatic hydroxyl groups is 1. The van der Waals surface area contributed by atoms with Crippen LogP contribution in [0.25, 0.3) is 0 Å². The van der Waals surface area contributed by atoms with Gasteiger partial charge in [-0.05, 0) is 18.2 Å². The van der Waals surface area contributed by atoms with Crippen molar-refractivity contribution >= 4 is 0 Å². The number of phenols is 1. The molecular formula is C8H8O3. The zero-order valence-corrected chi connectivity index (χ0v) is 5.82. The number of phenolic OH excluding ortho intramolecular Hbond substituents is 1. The molecule has 1 aromatic rings. The normalized spacial score (nSPS) is 21.0. The fraction of sp³-hybridized carbons (Fsp3) is 0.250. The molecule has 0 bridgehead atoms. The monoisotopic (exact) mass is 152 g/mol. The van der Waals surface area contributed by atoms with E-state index in [2.05, 4.69) is 0 Å². The second-order valence-corrected chi connectivity index (χ2v) is 2.55. The summed E-state index contributed by atoms with van der Waals surface area (Å²) in [7, 11) is 0. The van der Waals surface area contributed by atoms with Crippen molar-refractivity contribution < 1.29 is 14.9 Å². The van der Waals surface area contributed by atoms with Crippen molar-refractivity contribution in [2.75, 3.05) is 6.61 Å². The van der Waals surface area contributed by atoms with E-state index in [-0.39, 0.29) is 5.75 Å². The van der Waals surface area contributed by atoms with E-state index in [1.54, 1.807) is 6.07 Å². The van der Waals surface area contributed by atoms with E-state index < -0.39 is 6.10 Å². The summed E-state index contributed by atoms with van der Waals surface area (Å²) in [5.41, 5.74) is 0.671. The highest BCUT2D eigenvalue weighted by molar-refractivity contribution is 5.43. The fourth-order valence-corrected chi connectivity index (χ4v) is 1.19. The van der Waals surface area contributed by atoms with E-state index in [0.717, 1.165) is 0 Å². The third kappa shape index (κ3) is 0.935. The molecule has 0 saturated carbocycles. The van der Waals surface area contributed by atoms with E-state index >= 15 is 0 Å². The Morgan fingerprint density at radius 3 is 3.09 bits per heavy atom. The van der Waals surface area contributed by atoms with Crippen LogP contribution in [0.5, 0.6) is 11.5 Å². The maximum absolute atomic E-state index is 9.27. The summed E-state index contributed by atoms with van der Waals surface area (Å²) in [6.07, 6.45) is -0.586. The Morgan fingerprint density at radius 2 is 2.27 bits per heavy atom. The van der Waals surface area contributed by atoms with Crippen molar-refractivity contribution in [1.29, 1.82) is 0 Å². The van der Waals surface area contributed by atoms with Crippen LogP contribution in [0.15, 0.2) is 18.2 Å². The van der Waals surface area contributed by atoms with Gasteiger partial charge < -0.3 is 14.9 Å². The highest BCUT2D eigenvalue weighted by Gasteiger charge is 2.21. The molecule has 58 valence electrons. The predicted molar refractivity (Wildman–Crippen MR) is 38.6 cm³/mol. The average molecular weight is 152 g/mol. The van der Waals surface area contributed by atoms with Crippen LogP contribution in [0, 0.1) is 0 Å². The minimum atomic E-state index is -0.586. The minimum absolute atomic E-state index is 0.160. The lowest BCUT2D eigenvalue weighted by atomic mass is 10.1. The van der Waals surface area contributed by atoms with Crippen LogP contribution in [-0.2, 0) is 0 Å². The first-order valence-corrected chi connectivity index (χ1v) is 3.41. The van der Waals surface area contributed by atoms with E-state index in [9.17, 15) is 5.11 Å². The predicted octanol–water partition coefficient (Wildman–Crippen LogP) is 0.818. The Labute approximate surface area is 63.9 Å². The molecule has 0 fully saturated rings. The molecule has 3 nitrogen and oxygen atoms in total. The molecule has 1 atom stereocenters. The largest absolute Gasteiger partial charge is 0.508 e. The van der Waals surface area contributed by atoms with Gasteiger partial charge in [0.05, 0.1) is 0 Å². The smallest absolute Gasteiger partial charge is 0.125 e. The number of aliphatic hydroxyl groups is 1. The maximum atomic E-state index is 9.27. The van der Waals surface area contributed by atoms with Crippen molar-refractivity contribution in [3.8, 4) is 11.5 Å². The topological polar surface area (TPSA) is 49.7 Å². The van der Waals surface area contributed by atoms with Crippen molar-refractivity contribution in [1.82, 2.24) is 0 Å². The number of aliphatic hydroxyl groups excluding tert-OH is 1. The van der Waals surface area contributed by atoms with Gasteiger partial charge in [0.15, 0.2) is 0 Å². The maximum Gasteiger partial charge on any atom is 0.125 e. The highest BCUT2D eigenvalue weighted by atomic mass is 16.5. The molecule has 1 heterocycles. The molecule has 11 heavy (non-hydrogen) atoms. The van der Waals surface area contributed by atoms with Crippen LogP contribution in [-0.4, -0.2) is 16.8 Å². The lowest BCUT2D eigenvalue weighted by Crippen LogP contribution is -1.97. The summed E-state index contributed by atoms with van der Waals surface area (Å²) >= 11 is 0. The van der Waals surface area contributed by atoms with Gasteiger partial charge >= 0.3 is 0 Å². The Bertz CT molecular complexity index is 283. The van der Waals surface area contributed by atoms with Crippen molar-refractivity contribution in [2.24, 2.45) is 0 Å². The molecule has 0 spiro atoms. The fourth-order valence-electron chi connectivity index (χ4n) is 1.19. The van der Waals surface area contributed by atoms with Crippen LogP contribution in [0.2, 0.25) is 0 Å². The number of fused-ring (bicyclic) bond motifs is 1. The summed E-state index contributed by atoms with van der Waals surface area (Å²) in [6, 6.07) is 4.71. The first kappa shape index (κ1) is 6.49. The van der Waals surface area contributed by atoms with Crippen LogP contribution in [0.1, 0.15) is 11.7 Å². The summed E-state index contributed by atoms with van der Waals surface area (Å²) in [4.78, 5) is 0. The van der Waals surface area contributed by atoms with Crippen molar-refractivity contribution in [2.45, 2.75) is 6.10 Å². The van der Waals surface area contributed by atoms with Gasteiger partial charge in [-0.3, -0.25) is 0 Å². The Balaban J connectivity index is 2.52. The average Bonchev–Trinajstić information content (AvgIpc) is 2.33. The zero-order valence-electron chi connectivity index (χ0n) is 5.82. The molecule has 1 aliphatic rings. The second-order valence-electron chi connectivity index (χ2n) is 2.55. The molecule has 1 unspecified atom stereocenters. The summed E-state index contributed by atoms with van der Waals surface area (Å²) < 4.78 is 5.10. The zero-order chi connectivity index (χ0) is 7.84. The molecule has 2 rings (SSSR count). The molecule has 0 aliphatic carbocycles. The minimum Gasteiger partial charge on any atom is -0.508 e. The van der Waals surface area contributed by atoms with Crippen molar-refractivity contribution in [3.05, 3.63) is 23.8 Å². The van der Waals surface area contributed by atoms with Crippen LogP contribution >= 0.6 is 0 Å². The first-order valence-electron chi connectivity index (χ1n) is 3.41. The Kier molecular flexibility index (Phi) is 1.26. The van der Waals surface area contributed by atoms with Gasteiger partial charge in [-0.2, -0.15) is 0 Å². The molecule has 0 amide bonds. The van der Waals surface area contributed by atoms with E-state index in [4.69, 9.17) is 9.84 Å². The molecular weight excluding hydrogens is 144 g/mol. The van der Waals surface area contributed by atoms with Gasteiger partial charge in [0, 0.05) is 5.56 Å². The standard InChI is InChI=1S/C8H8O3/c9-5-1-2-8-6(3-5)7(10)4-11-8/h1-3,7,9-10H,4H2. The summed E-state index contributed by atoms with van der Waals surface area (Å²) in [6.45, 7) is 0.290. The molecule has 0 aromatic heterocycles. The lowest BCUT2D eigenvalue weighted by Gasteiger charge is -1.98. The van der Waals surface area contributed by atoms with Gasteiger partial charge in [0.25, 0.3) is 0 Å². The van der Waals surface area contributed by atoms with Gasteiger partial charge in [-0.25, -0.2) is 0 Å². The molecule has 1 aromatic carbocycles. The van der Waals surface area contributed by atoms with E-state index in [1.807, 2.05) is 0 Å². The highest BCUT2D eigenvalue weighted by Crippen LogP contribution is 2.34. The van der Waals surface area contributed by atoms with E-state index in [1.165, 1.54) is 12.1 Å². The summed E-state index contributed by atoms with van der Waals surface area (Å²) in [5.74, 6) is 0.823. The lowest BCUT2D eigenvalue weighted by molar-refractivity contribution is 0.140. The third-order valence-electron chi connectivity index (χ3n) is 1.75. The number of hydrogen-bond acceptors (Lipinski definition) is 3. The SMILES string of the molecule is Oc1ccc2c(c1)C(O)CO2. The first-order chi connectivity index (χ1) is 5.27. The summed E-state index contributed by atoms with van der Waals surface area (Å²) in [5, 5.41) is 18.3. The molecule has 0 radical (unpaired) electrons. The van der Waals surface area contributed by atoms with Gasteiger partial charge in [-0.1, -0.05) is 0 Å². The number of benzene rings is 1. The van der Waals surface area contributed by atoms with Gasteiger partial charge in [0.1, 0.15) is 24.2 Å². The number of ether oxygens (including phenoxy) is 1. The van der Waals surface area contributed by atoms with Gasteiger partial charge in [0.2, 0.25) is 0 Å². The number of rotatable bonds is 0. The molecule has 3 heteroatoms. The van der Waals surface area contributed by atoms with Crippen molar-refractivity contribution in [3.63, 3.8) is 0 Å². The molecule has 2 N–H and O–H groups in total. The second kappa shape index (κ2) is 2.13. The Morgan fingerprint density at radius 1 is 1.45 bits per heavy atom. The molecule has 0 saturated heterocycles. The van der Waals surface area contributed by atoms with Crippen LogP contribution in [0.3, 0.4) is 0 Å². The number of hydrogen-bond donors (Lipinski definition) is 2.